The highest BCUT2D eigenvalue weighted by atomic mass is 32.1. The standard InChI is InChI=1S/C33H30N4S.C29H43N5/c1-5-29-27(25-12-8-10-21(2)22(25)3)16-17-32(35-29)37-19-18-24-11-9-13-26(28(24)20-37)23(4)34-33-36-30-14-6-7-15-31(30)38-33;1-21-13-16-25(23(3)30-21)28-26-11-8-12-27(29(26)32(4)31-28)34-19-17-33(18-20-34)22(2)14-15-24-9-6-5-7-10-24/h5-17H,1,4,18-20H2,2-3H3,(H,34,36);8,11-12,22,24-25,30H,1,3,5-7,9-10,13-20H2,2,4H3. The lowest BCUT2D eigenvalue weighted by atomic mass is 9.85. The van der Waals surface area contributed by atoms with Crippen molar-refractivity contribution in [2.45, 2.75) is 103 Å². The quantitative estimate of drug-likeness (QED) is 0.125. The first kappa shape index (κ1) is 49.1. The average Bonchev–Trinajstić information content (AvgIpc) is 3.98. The predicted molar refractivity (Wildman–Crippen MR) is 306 cm³/mol. The fourth-order valence-electron chi connectivity index (χ4n) is 11.8. The van der Waals surface area contributed by atoms with Crippen molar-refractivity contribution >= 4 is 60.9 Å². The van der Waals surface area contributed by atoms with E-state index in [9.17, 15) is 0 Å². The van der Waals surface area contributed by atoms with E-state index in [-0.39, 0.29) is 5.92 Å². The Morgan fingerprint density at radius 2 is 1.62 bits per heavy atom. The minimum absolute atomic E-state index is 0.242. The molecule has 10 heteroatoms. The van der Waals surface area contributed by atoms with Crippen LogP contribution >= 0.6 is 11.3 Å². The van der Waals surface area contributed by atoms with E-state index in [1.165, 1.54) is 89.4 Å². The molecule has 372 valence electrons. The lowest BCUT2D eigenvalue weighted by Crippen LogP contribution is -2.49. The van der Waals surface area contributed by atoms with Crippen molar-refractivity contribution in [3.05, 3.63) is 168 Å². The van der Waals surface area contributed by atoms with Crippen molar-refractivity contribution in [1.82, 2.24) is 30.0 Å². The number of rotatable bonds is 12. The van der Waals surface area contributed by atoms with E-state index in [4.69, 9.17) is 15.1 Å². The molecule has 0 radical (unpaired) electrons. The van der Waals surface area contributed by atoms with Gasteiger partial charge in [-0.3, -0.25) is 9.58 Å². The molecular weight excluding hydrogens is 903 g/mol. The van der Waals surface area contributed by atoms with Gasteiger partial charge in [0.2, 0.25) is 0 Å². The number of fused-ring (bicyclic) bond motifs is 3. The molecule has 4 aromatic carbocycles. The summed E-state index contributed by atoms with van der Waals surface area (Å²) < 4.78 is 3.26. The Labute approximate surface area is 432 Å². The molecule has 2 N–H and O–H groups in total. The smallest absolute Gasteiger partial charge is 0.188 e. The summed E-state index contributed by atoms with van der Waals surface area (Å²) >= 11 is 1.65. The fraction of sp³-hybridized carbons (Fsp3) is 0.371. The molecule has 6 heterocycles. The van der Waals surface area contributed by atoms with Crippen molar-refractivity contribution in [3.8, 4) is 11.1 Å². The molecule has 0 amide bonds. The van der Waals surface area contributed by atoms with Gasteiger partial charge in [-0.25, -0.2) is 9.97 Å². The monoisotopic (exact) mass is 976 g/mol. The molecule has 2 atom stereocenters. The molecule has 3 aromatic heterocycles. The van der Waals surface area contributed by atoms with Gasteiger partial charge in [-0.1, -0.05) is 130 Å². The van der Waals surface area contributed by atoms with Gasteiger partial charge in [0.05, 0.1) is 32.8 Å². The molecule has 9 nitrogen and oxygen atoms in total. The van der Waals surface area contributed by atoms with Gasteiger partial charge in [0, 0.05) is 91.9 Å². The number of pyridine rings is 1. The second kappa shape index (κ2) is 21.7. The molecule has 3 fully saturated rings. The zero-order chi connectivity index (χ0) is 49.9. The molecule has 1 aliphatic carbocycles. The first-order valence-corrected chi connectivity index (χ1v) is 27.3. The van der Waals surface area contributed by atoms with E-state index in [2.05, 4.69) is 157 Å². The number of nitrogens with one attached hydrogen (secondary N) is 2. The largest absolute Gasteiger partial charge is 0.367 e. The summed E-state index contributed by atoms with van der Waals surface area (Å²) in [5.74, 6) is 2.20. The summed E-state index contributed by atoms with van der Waals surface area (Å²) in [6, 6.07) is 32.9. The molecule has 3 aliphatic heterocycles. The Morgan fingerprint density at radius 3 is 2.42 bits per heavy atom. The number of nitrogens with zero attached hydrogens (tertiary/aromatic N) is 7. The van der Waals surface area contributed by atoms with E-state index in [1.54, 1.807) is 11.3 Å². The molecule has 72 heavy (non-hydrogen) atoms. The van der Waals surface area contributed by atoms with Crippen LogP contribution in [0.25, 0.3) is 44.0 Å². The van der Waals surface area contributed by atoms with Gasteiger partial charge in [-0.05, 0) is 123 Å². The van der Waals surface area contributed by atoms with Crippen LogP contribution in [-0.4, -0.2) is 63.4 Å². The van der Waals surface area contributed by atoms with Gasteiger partial charge < -0.3 is 20.4 Å². The SMILES string of the molecule is C=C1CCC(c2nn(C)c3c(N4CCN(C(C)CCC5CCCCC5)CC4)cccc23)C(=C)N1.C=Cc1nc(N2CCc3cccc(C(=C)Nc4nc5ccccc5s4)c3C2)ccc1-c1cccc(C)c1C. The number of hydrogen-bond donors (Lipinski definition) is 2. The second-order valence-corrected chi connectivity index (χ2v) is 21.8. The minimum Gasteiger partial charge on any atom is -0.367 e. The van der Waals surface area contributed by atoms with Gasteiger partial charge in [0.25, 0.3) is 0 Å². The predicted octanol–water partition coefficient (Wildman–Crippen LogP) is 14.2. The zero-order valence-corrected chi connectivity index (χ0v) is 44.0. The fourth-order valence-corrected chi connectivity index (χ4v) is 12.7. The van der Waals surface area contributed by atoms with Crippen LogP contribution in [0.3, 0.4) is 0 Å². The molecule has 2 unspecified atom stereocenters. The molecule has 2 saturated heterocycles. The first-order valence-electron chi connectivity index (χ1n) is 26.5. The lowest BCUT2D eigenvalue weighted by molar-refractivity contribution is 0.175. The third-order valence-corrected chi connectivity index (χ3v) is 17.1. The highest BCUT2D eigenvalue weighted by molar-refractivity contribution is 7.22. The van der Waals surface area contributed by atoms with Gasteiger partial charge in [0.1, 0.15) is 5.82 Å². The highest BCUT2D eigenvalue weighted by Gasteiger charge is 2.29. The topological polar surface area (TPSA) is 77.4 Å². The summed E-state index contributed by atoms with van der Waals surface area (Å²) in [5.41, 5.74) is 17.3. The van der Waals surface area contributed by atoms with Gasteiger partial charge in [-0.2, -0.15) is 5.10 Å². The van der Waals surface area contributed by atoms with Crippen LogP contribution in [0, 0.1) is 19.8 Å². The second-order valence-electron chi connectivity index (χ2n) is 20.7. The van der Waals surface area contributed by atoms with Crippen molar-refractivity contribution in [3.63, 3.8) is 0 Å². The van der Waals surface area contributed by atoms with Crippen LogP contribution in [-0.2, 0) is 20.0 Å². The molecule has 11 rings (SSSR count). The zero-order valence-electron chi connectivity index (χ0n) is 43.2. The van der Waals surface area contributed by atoms with Crippen molar-refractivity contribution < 1.29 is 0 Å². The number of aromatic nitrogens is 4. The maximum Gasteiger partial charge on any atom is 0.188 e. The van der Waals surface area contributed by atoms with E-state index in [0.717, 1.165) is 125 Å². The Balaban J connectivity index is 0.000000167. The van der Waals surface area contributed by atoms with Gasteiger partial charge in [-0.15, -0.1) is 0 Å². The number of aryl methyl sites for hydroxylation is 2. The first-order chi connectivity index (χ1) is 35.0. The molecular formula is C62H73N9S. The van der Waals surface area contributed by atoms with E-state index in [1.807, 2.05) is 24.3 Å². The number of allylic oxidation sites excluding steroid dienone is 2. The Morgan fingerprint density at radius 1 is 0.833 bits per heavy atom. The minimum atomic E-state index is 0.242. The molecule has 0 spiro atoms. The van der Waals surface area contributed by atoms with Gasteiger partial charge >= 0.3 is 0 Å². The summed E-state index contributed by atoms with van der Waals surface area (Å²) in [6.07, 6.45) is 14.9. The highest BCUT2D eigenvalue weighted by Crippen LogP contribution is 2.40. The number of para-hydroxylation sites is 2. The van der Waals surface area contributed by atoms with E-state index in [0.29, 0.717) is 6.04 Å². The van der Waals surface area contributed by atoms with E-state index >= 15 is 0 Å². The van der Waals surface area contributed by atoms with Crippen molar-refractivity contribution in [2.75, 3.05) is 47.8 Å². The maximum absolute atomic E-state index is 5.06. The van der Waals surface area contributed by atoms with Crippen LogP contribution in [0.4, 0.5) is 16.6 Å². The molecule has 1 saturated carbocycles. The Hall–Kier alpha value is -6.49. The van der Waals surface area contributed by atoms with Crippen LogP contribution in [0.1, 0.15) is 110 Å². The Kier molecular flexibility index (Phi) is 14.8. The summed E-state index contributed by atoms with van der Waals surface area (Å²) in [6.45, 7) is 29.8. The number of anilines is 3. The van der Waals surface area contributed by atoms with Crippen LogP contribution in [0.15, 0.2) is 129 Å². The van der Waals surface area contributed by atoms with Crippen molar-refractivity contribution in [1.29, 1.82) is 0 Å². The summed E-state index contributed by atoms with van der Waals surface area (Å²) in [5, 5.41) is 14.0. The number of piperazine rings is 1. The number of piperidine rings is 1. The lowest BCUT2D eigenvalue weighted by Gasteiger charge is -2.39. The third kappa shape index (κ3) is 10.4. The normalized spacial score (nSPS) is 18.1. The summed E-state index contributed by atoms with van der Waals surface area (Å²) in [7, 11) is 2.09. The van der Waals surface area contributed by atoms with Gasteiger partial charge in [0.15, 0.2) is 5.13 Å². The van der Waals surface area contributed by atoms with Crippen LogP contribution < -0.4 is 20.4 Å². The number of hydrogen-bond acceptors (Lipinski definition) is 9. The van der Waals surface area contributed by atoms with E-state index < -0.39 is 0 Å². The molecule has 4 aliphatic rings. The van der Waals surface area contributed by atoms with Crippen LogP contribution in [0.5, 0.6) is 0 Å². The van der Waals surface area contributed by atoms with Crippen LogP contribution in [0.2, 0.25) is 0 Å². The number of thiazole rings is 1. The Bertz CT molecular complexity index is 3090. The average molecular weight is 976 g/mol. The molecule has 0 bridgehead atoms. The number of benzene rings is 4. The third-order valence-electron chi connectivity index (χ3n) is 16.2. The van der Waals surface area contributed by atoms with Crippen molar-refractivity contribution in [2.24, 2.45) is 13.0 Å². The maximum atomic E-state index is 5.06. The molecule has 7 aromatic rings. The summed E-state index contributed by atoms with van der Waals surface area (Å²) in [4.78, 5) is 17.5.